The van der Waals surface area contributed by atoms with Gasteiger partial charge < -0.3 is 28.4 Å². The summed E-state index contributed by atoms with van der Waals surface area (Å²) in [5.41, 5.74) is 5.92. The maximum Gasteiger partial charge on any atom is 0.513 e. The average Bonchev–Trinajstić information content (AvgIpc) is 3.19. The highest BCUT2D eigenvalue weighted by molar-refractivity contribution is 6.02. The van der Waals surface area contributed by atoms with Crippen molar-refractivity contribution in [3.8, 4) is 23.0 Å². The predicted molar refractivity (Wildman–Crippen MR) is 215 cm³/mol. The lowest BCUT2D eigenvalue weighted by atomic mass is 10.1. The van der Waals surface area contributed by atoms with E-state index in [1.54, 1.807) is 97.1 Å². The lowest BCUT2D eigenvalue weighted by Crippen LogP contribution is -2.13. The van der Waals surface area contributed by atoms with E-state index in [1.807, 2.05) is 27.7 Å². The van der Waals surface area contributed by atoms with Crippen molar-refractivity contribution in [3.05, 3.63) is 119 Å². The van der Waals surface area contributed by atoms with Crippen molar-refractivity contribution < 1.29 is 47.6 Å². The third kappa shape index (κ3) is 15.0. The van der Waals surface area contributed by atoms with Crippen LogP contribution in [0.5, 0.6) is 23.0 Å². The zero-order valence-corrected chi connectivity index (χ0v) is 32.6. The van der Waals surface area contributed by atoms with Gasteiger partial charge in [-0.2, -0.15) is 20.4 Å². The van der Waals surface area contributed by atoms with Crippen LogP contribution in [0.25, 0.3) is 0 Å². The molecule has 4 aromatic rings. The molecule has 0 bridgehead atoms. The van der Waals surface area contributed by atoms with Crippen LogP contribution in [0.1, 0.15) is 83.1 Å². The zero-order chi connectivity index (χ0) is 41.2. The summed E-state index contributed by atoms with van der Waals surface area (Å²) in [5.74, 6) is 0.764. The quantitative estimate of drug-likeness (QED) is 0.0267. The van der Waals surface area contributed by atoms with E-state index in [1.165, 1.54) is 13.8 Å². The minimum absolute atomic E-state index is 0.141. The van der Waals surface area contributed by atoms with Crippen LogP contribution in [0.3, 0.4) is 0 Å². The standard InChI is InChI=1S/C43H44N4O10/c1-28(34-10-18-38(19-11-34)54-32(5)48)44-46-30(3)36-14-22-40(23-15-36)56-42(50)52-26-8-7-9-27-53-43(51)57-41-24-16-37(17-25-41)31(4)47-45-29(2)35-12-20-39(21-13-35)55-33(6)49/h10-25H,7-9,26-27H2,1-6H3/b44-28+,45-29+,46-30+,47-31+. The van der Waals surface area contributed by atoms with E-state index in [9.17, 15) is 19.2 Å². The number of rotatable bonds is 16. The molecule has 0 heterocycles. The Hall–Kier alpha value is -6.96. The summed E-state index contributed by atoms with van der Waals surface area (Å²) < 4.78 is 30.9. The molecule has 0 aliphatic carbocycles. The summed E-state index contributed by atoms with van der Waals surface area (Å²) in [4.78, 5) is 46.5. The number of carbonyl (C=O) groups is 4. The van der Waals surface area contributed by atoms with Crippen LogP contribution in [0, 0.1) is 0 Å². The van der Waals surface area contributed by atoms with Crippen molar-refractivity contribution >= 4 is 47.1 Å². The molecule has 0 N–H and O–H groups in total. The summed E-state index contributed by atoms with van der Waals surface area (Å²) in [6.07, 6.45) is 0.0872. The number of ether oxygens (including phenoxy) is 6. The lowest BCUT2D eigenvalue weighted by Gasteiger charge is -2.08. The first-order valence-corrected chi connectivity index (χ1v) is 18.0. The number of nitrogens with zero attached hydrogens (tertiary/aromatic N) is 4. The highest BCUT2D eigenvalue weighted by atomic mass is 16.7. The summed E-state index contributed by atoms with van der Waals surface area (Å²) in [6.45, 7) is 10.2. The van der Waals surface area contributed by atoms with Crippen LogP contribution < -0.4 is 18.9 Å². The van der Waals surface area contributed by atoms with Gasteiger partial charge in [0.1, 0.15) is 23.0 Å². The minimum atomic E-state index is -0.826. The van der Waals surface area contributed by atoms with Gasteiger partial charge in [0, 0.05) is 13.8 Å². The maximum atomic E-state index is 12.2. The number of esters is 2. The van der Waals surface area contributed by atoms with Gasteiger partial charge in [-0.05, 0) is 166 Å². The first-order valence-electron chi connectivity index (χ1n) is 18.0. The monoisotopic (exact) mass is 776 g/mol. The van der Waals surface area contributed by atoms with Gasteiger partial charge in [0.05, 0.1) is 36.1 Å². The predicted octanol–water partition coefficient (Wildman–Crippen LogP) is 8.90. The Bertz CT molecular complexity index is 1970. The summed E-state index contributed by atoms with van der Waals surface area (Å²) in [6, 6.07) is 27.5. The molecule has 0 spiro atoms. The van der Waals surface area contributed by atoms with E-state index in [4.69, 9.17) is 28.4 Å². The SMILES string of the molecule is CC(=O)Oc1ccc(/C(C)=N/N=C(\C)c2ccc(OC(=O)OCCCCCOC(=O)Oc3ccc(/C(C)=N/N=C(\C)c4ccc(OC(C)=O)cc4)cc3)cc2)cc1. The summed E-state index contributed by atoms with van der Waals surface area (Å²) >= 11 is 0. The largest absolute Gasteiger partial charge is 0.513 e. The van der Waals surface area contributed by atoms with E-state index < -0.39 is 12.3 Å². The number of hydrogen-bond acceptors (Lipinski definition) is 14. The van der Waals surface area contributed by atoms with Crippen LogP contribution in [-0.4, -0.2) is 60.3 Å². The zero-order valence-electron chi connectivity index (χ0n) is 32.6. The smallest absolute Gasteiger partial charge is 0.434 e. The van der Waals surface area contributed by atoms with Crippen molar-refractivity contribution in [1.29, 1.82) is 0 Å². The van der Waals surface area contributed by atoms with E-state index in [2.05, 4.69) is 20.4 Å². The third-order valence-corrected chi connectivity index (χ3v) is 7.94. The van der Waals surface area contributed by atoms with Crippen molar-refractivity contribution in [1.82, 2.24) is 0 Å². The second-order valence-electron chi connectivity index (χ2n) is 12.5. The Morgan fingerprint density at radius 1 is 0.368 bits per heavy atom. The molecule has 0 fully saturated rings. The fourth-order valence-corrected chi connectivity index (χ4v) is 4.86. The van der Waals surface area contributed by atoms with Crippen LogP contribution in [0.2, 0.25) is 0 Å². The molecular weight excluding hydrogens is 732 g/mol. The normalized spacial score (nSPS) is 12.0. The Labute approximate surface area is 330 Å². The summed E-state index contributed by atoms with van der Waals surface area (Å²) in [7, 11) is 0. The molecule has 0 radical (unpaired) electrons. The second kappa shape index (κ2) is 21.8. The molecule has 4 aromatic carbocycles. The molecule has 14 nitrogen and oxygen atoms in total. The first kappa shape index (κ1) is 42.8. The molecule has 0 atom stereocenters. The molecule has 0 aromatic heterocycles. The fourth-order valence-electron chi connectivity index (χ4n) is 4.86. The number of benzene rings is 4. The van der Waals surface area contributed by atoms with E-state index in [-0.39, 0.29) is 25.2 Å². The van der Waals surface area contributed by atoms with Crippen molar-refractivity contribution in [2.45, 2.75) is 60.8 Å². The van der Waals surface area contributed by atoms with Crippen molar-refractivity contribution in [2.24, 2.45) is 20.4 Å². The van der Waals surface area contributed by atoms with E-state index in [0.29, 0.717) is 65.1 Å². The highest BCUT2D eigenvalue weighted by Gasteiger charge is 2.10. The van der Waals surface area contributed by atoms with Crippen LogP contribution >= 0.6 is 0 Å². The molecular formula is C43H44N4O10. The number of hydrogen-bond donors (Lipinski definition) is 0. The van der Waals surface area contributed by atoms with Crippen molar-refractivity contribution in [3.63, 3.8) is 0 Å². The summed E-state index contributed by atoms with van der Waals surface area (Å²) in [5, 5.41) is 17.2. The van der Waals surface area contributed by atoms with Gasteiger partial charge in [0.2, 0.25) is 0 Å². The number of unbranched alkanes of at least 4 members (excludes halogenated alkanes) is 2. The van der Waals surface area contributed by atoms with Crippen LogP contribution in [0.4, 0.5) is 9.59 Å². The van der Waals surface area contributed by atoms with Crippen LogP contribution in [0.15, 0.2) is 117 Å². The Balaban J connectivity index is 1.09. The second-order valence-corrected chi connectivity index (χ2v) is 12.5. The fraction of sp³-hybridized carbons (Fsp3) is 0.256. The van der Waals surface area contributed by atoms with Gasteiger partial charge in [-0.1, -0.05) is 0 Å². The molecule has 14 heteroatoms. The topological polar surface area (TPSA) is 173 Å². The maximum absolute atomic E-state index is 12.2. The molecule has 0 amide bonds. The highest BCUT2D eigenvalue weighted by Crippen LogP contribution is 2.18. The molecule has 0 saturated heterocycles. The van der Waals surface area contributed by atoms with Gasteiger partial charge >= 0.3 is 24.2 Å². The first-order chi connectivity index (χ1) is 27.4. The van der Waals surface area contributed by atoms with Gasteiger partial charge in [-0.3, -0.25) is 9.59 Å². The Morgan fingerprint density at radius 3 is 0.860 bits per heavy atom. The molecule has 4 rings (SSSR count). The lowest BCUT2D eigenvalue weighted by molar-refractivity contribution is -0.132. The van der Waals surface area contributed by atoms with E-state index >= 15 is 0 Å². The molecule has 0 unspecified atom stereocenters. The number of carbonyl (C=O) groups excluding carboxylic acids is 4. The Morgan fingerprint density at radius 2 is 0.614 bits per heavy atom. The average molecular weight is 777 g/mol. The minimum Gasteiger partial charge on any atom is -0.434 e. The Kier molecular flexibility index (Phi) is 16.4. The van der Waals surface area contributed by atoms with E-state index in [0.717, 1.165) is 22.3 Å². The van der Waals surface area contributed by atoms with Gasteiger partial charge in [0.25, 0.3) is 0 Å². The molecule has 0 aliphatic heterocycles. The van der Waals surface area contributed by atoms with Gasteiger partial charge in [0.15, 0.2) is 0 Å². The molecule has 0 saturated carbocycles. The van der Waals surface area contributed by atoms with Gasteiger partial charge in [-0.15, -0.1) is 0 Å². The third-order valence-electron chi connectivity index (χ3n) is 7.94. The molecule has 0 aliphatic rings. The van der Waals surface area contributed by atoms with Gasteiger partial charge in [-0.25, -0.2) is 9.59 Å². The molecule has 296 valence electrons. The van der Waals surface area contributed by atoms with Crippen molar-refractivity contribution in [2.75, 3.05) is 13.2 Å². The van der Waals surface area contributed by atoms with Crippen LogP contribution in [-0.2, 0) is 19.1 Å². The molecule has 57 heavy (non-hydrogen) atoms.